The van der Waals surface area contributed by atoms with Crippen molar-refractivity contribution in [3.8, 4) is 0 Å². The van der Waals surface area contributed by atoms with Gasteiger partial charge in [0.1, 0.15) is 5.52 Å². The normalized spacial score (nSPS) is 22.4. The van der Waals surface area contributed by atoms with E-state index in [1.165, 1.54) is 12.8 Å². The van der Waals surface area contributed by atoms with Gasteiger partial charge in [-0.15, -0.1) is 0 Å². The van der Waals surface area contributed by atoms with Crippen LogP contribution in [0.1, 0.15) is 43.9 Å². The topological polar surface area (TPSA) is 67.2 Å². The zero-order valence-electron chi connectivity index (χ0n) is 11.9. The third kappa shape index (κ3) is 2.65. The molecule has 2 aliphatic rings. The maximum absolute atomic E-state index is 12.2. The number of carbonyl (C=O) groups excluding carboxylic acids is 1. The number of hydrogen-bond acceptors (Lipinski definition) is 4. The molecule has 2 heterocycles. The SMILES string of the molecule is O=C(Nc1ccc2oc(C3CC3)nc2c1)C1CCCCN1. The molecule has 2 N–H and O–H groups in total. The van der Waals surface area contributed by atoms with Gasteiger partial charge in [0.2, 0.25) is 5.91 Å². The van der Waals surface area contributed by atoms with Crippen molar-refractivity contribution >= 4 is 22.7 Å². The minimum atomic E-state index is -0.0752. The number of nitrogens with one attached hydrogen (secondary N) is 2. The first kappa shape index (κ1) is 12.8. The van der Waals surface area contributed by atoms with E-state index in [0.29, 0.717) is 5.92 Å². The lowest BCUT2D eigenvalue weighted by atomic mass is 10.0. The Morgan fingerprint density at radius 2 is 2.19 bits per heavy atom. The van der Waals surface area contributed by atoms with E-state index in [4.69, 9.17) is 4.42 Å². The van der Waals surface area contributed by atoms with Crippen LogP contribution in [0.25, 0.3) is 11.1 Å². The Morgan fingerprint density at radius 1 is 1.29 bits per heavy atom. The first-order valence-electron chi connectivity index (χ1n) is 7.74. The minimum absolute atomic E-state index is 0.0416. The van der Waals surface area contributed by atoms with Crippen LogP contribution in [0.3, 0.4) is 0 Å². The van der Waals surface area contributed by atoms with Crippen LogP contribution in [-0.4, -0.2) is 23.5 Å². The lowest BCUT2D eigenvalue weighted by Gasteiger charge is -2.22. The zero-order valence-corrected chi connectivity index (χ0v) is 11.9. The van der Waals surface area contributed by atoms with Gasteiger partial charge < -0.3 is 15.1 Å². The van der Waals surface area contributed by atoms with Crippen LogP contribution < -0.4 is 10.6 Å². The van der Waals surface area contributed by atoms with Crippen molar-refractivity contribution in [1.29, 1.82) is 0 Å². The molecule has 1 saturated carbocycles. The molecule has 5 nitrogen and oxygen atoms in total. The summed E-state index contributed by atoms with van der Waals surface area (Å²) in [6, 6.07) is 5.59. The molecule has 1 unspecified atom stereocenters. The van der Waals surface area contributed by atoms with E-state index in [9.17, 15) is 4.79 Å². The summed E-state index contributed by atoms with van der Waals surface area (Å²) < 4.78 is 5.73. The highest BCUT2D eigenvalue weighted by atomic mass is 16.3. The maximum Gasteiger partial charge on any atom is 0.241 e. The number of aromatic nitrogens is 1. The van der Waals surface area contributed by atoms with E-state index in [1.807, 2.05) is 18.2 Å². The number of piperidine rings is 1. The number of amides is 1. The number of carbonyl (C=O) groups is 1. The van der Waals surface area contributed by atoms with Crippen molar-refractivity contribution < 1.29 is 9.21 Å². The van der Waals surface area contributed by atoms with E-state index in [-0.39, 0.29) is 11.9 Å². The second-order valence-corrected chi connectivity index (χ2v) is 6.00. The van der Waals surface area contributed by atoms with Gasteiger partial charge >= 0.3 is 0 Å². The average Bonchev–Trinajstić information content (AvgIpc) is 3.28. The molecule has 1 saturated heterocycles. The Hall–Kier alpha value is -1.88. The largest absolute Gasteiger partial charge is 0.440 e. The smallest absolute Gasteiger partial charge is 0.241 e. The highest BCUT2D eigenvalue weighted by Crippen LogP contribution is 2.40. The summed E-state index contributed by atoms with van der Waals surface area (Å²) >= 11 is 0. The molecule has 1 atom stereocenters. The molecule has 1 amide bonds. The Balaban J connectivity index is 1.51. The van der Waals surface area contributed by atoms with Crippen LogP contribution in [0.15, 0.2) is 22.6 Å². The lowest BCUT2D eigenvalue weighted by molar-refractivity contribution is -0.118. The second-order valence-electron chi connectivity index (χ2n) is 6.00. The van der Waals surface area contributed by atoms with E-state index in [1.54, 1.807) is 0 Å². The molecule has 1 aliphatic heterocycles. The van der Waals surface area contributed by atoms with Gasteiger partial charge in [-0.2, -0.15) is 0 Å². The highest BCUT2D eigenvalue weighted by Gasteiger charge is 2.29. The molecule has 4 rings (SSSR count). The van der Waals surface area contributed by atoms with Crippen molar-refractivity contribution in [2.75, 3.05) is 11.9 Å². The number of hydrogen-bond donors (Lipinski definition) is 2. The van der Waals surface area contributed by atoms with E-state index >= 15 is 0 Å². The Kier molecular flexibility index (Phi) is 3.15. The summed E-state index contributed by atoms with van der Waals surface area (Å²) in [5.41, 5.74) is 2.41. The fourth-order valence-electron chi connectivity index (χ4n) is 2.83. The van der Waals surface area contributed by atoms with Crippen molar-refractivity contribution in [3.63, 3.8) is 0 Å². The first-order valence-corrected chi connectivity index (χ1v) is 7.74. The number of fused-ring (bicyclic) bond motifs is 1. The third-order valence-electron chi connectivity index (χ3n) is 4.23. The molecule has 1 aliphatic carbocycles. The molecular weight excluding hydrogens is 266 g/mol. The standard InChI is InChI=1S/C16H19N3O2/c20-15(12-3-1-2-8-17-12)18-11-6-7-14-13(9-11)19-16(21-14)10-4-5-10/h6-7,9-10,12,17H,1-5,8H2,(H,18,20). The van der Waals surface area contributed by atoms with Crippen LogP contribution >= 0.6 is 0 Å². The fourth-order valence-corrected chi connectivity index (χ4v) is 2.83. The molecule has 110 valence electrons. The van der Waals surface area contributed by atoms with Gasteiger partial charge in [-0.25, -0.2) is 4.98 Å². The molecule has 2 fully saturated rings. The predicted octanol–water partition coefficient (Wildman–Crippen LogP) is 2.79. The van der Waals surface area contributed by atoms with Crippen LogP contribution in [0.2, 0.25) is 0 Å². The quantitative estimate of drug-likeness (QED) is 0.910. The molecule has 5 heteroatoms. The average molecular weight is 285 g/mol. The lowest BCUT2D eigenvalue weighted by Crippen LogP contribution is -2.43. The molecule has 1 aromatic heterocycles. The third-order valence-corrected chi connectivity index (χ3v) is 4.23. The predicted molar refractivity (Wildman–Crippen MR) is 80.3 cm³/mol. The van der Waals surface area contributed by atoms with Gasteiger partial charge in [0.25, 0.3) is 0 Å². The van der Waals surface area contributed by atoms with E-state index in [0.717, 1.165) is 48.5 Å². The summed E-state index contributed by atoms with van der Waals surface area (Å²) in [7, 11) is 0. The molecule has 0 bridgehead atoms. The molecule has 1 aromatic carbocycles. The first-order chi connectivity index (χ1) is 10.3. The zero-order chi connectivity index (χ0) is 14.2. The van der Waals surface area contributed by atoms with Crippen LogP contribution in [0, 0.1) is 0 Å². The number of rotatable bonds is 3. The molecular formula is C16H19N3O2. The van der Waals surface area contributed by atoms with Crippen molar-refractivity contribution in [2.24, 2.45) is 0 Å². The maximum atomic E-state index is 12.2. The summed E-state index contributed by atoms with van der Waals surface area (Å²) in [6.07, 6.45) is 5.51. The van der Waals surface area contributed by atoms with Crippen molar-refractivity contribution in [2.45, 2.75) is 44.1 Å². The summed E-state index contributed by atoms with van der Waals surface area (Å²) in [4.78, 5) is 16.7. The second kappa shape index (κ2) is 5.15. The Morgan fingerprint density at radius 3 is 2.95 bits per heavy atom. The van der Waals surface area contributed by atoms with Crippen LogP contribution in [-0.2, 0) is 4.79 Å². The van der Waals surface area contributed by atoms with E-state index < -0.39 is 0 Å². The molecule has 2 aromatic rings. The van der Waals surface area contributed by atoms with Crippen molar-refractivity contribution in [1.82, 2.24) is 10.3 Å². The minimum Gasteiger partial charge on any atom is -0.440 e. The number of oxazole rings is 1. The molecule has 0 radical (unpaired) electrons. The van der Waals surface area contributed by atoms with Gasteiger partial charge in [0.05, 0.1) is 6.04 Å². The molecule has 0 spiro atoms. The summed E-state index contributed by atoms with van der Waals surface area (Å²) in [5, 5.41) is 6.23. The summed E-state index contributed by atoms with van der Waals surface area (Å²) in [5.74, 6) is 1.38. The van der Waals surface area contributed by atoms with Gasteiger partial charge in [-0.1, -0.05) is 6.42 Å². The van der Waals surface area contributed by atoms with Crippen LogP contribution in [0.5, 0.6) is 0 Å². The number of benzene rings is 1. The monoisotopic (exact) mass is 285 g/mol. The number of nitrogens with zero attached hydrogens (tertiary/aromatic N) is 1. The van der Waals surface area contributed by atoms with Gasteiger partial charge in [0, 0.05) is 11.6 Å². The Bertz CT molecular complexity index is 669. The summed E-state index contributed by atoms with van der Waals surface area (Å²) in [6.45, 7) is 0.922. The number of anilines is 1. The van der Waals surface area contributed by atoms with Crippen LogP contribution in [0.4, 0.5) is 5.69 Å². The fraction of sp³-hybridized carbons (Fsp3) is 0.500. The molecule has 21 heavy (non-hydrogen) atoms. The Labute approximate surface area is 123 Å². The van der Waals surface area contributed by atoms with Gasteiger partial charge in [-0.05, 0) is 50.4 Å². The van der Waals surface area contributed by atoms with Gasteiger partial charge in [-0.3, -0.25) is 4.79 Å². The van der Waals surface area contributed by atoms with E-state index in [2.05, 4.69) is 15.6 Å². The van der Waals surface area contributed by atoms with Crippen molar-refractivity contribution in [3.05, 3.63) is 24.1 Å². The van der Waals surface area contributed by atoms with Gasteiger partial charge in [0.15, 0.2) is 11.5 Å². The highest BCUT2D eigenvalue weighted by molar-refractivity contribution is 5.96.